The van der Waals surface area contributed by atoms with Gasteiger partial charge in [0.15, 0.2) is 0 Å². The lowest BCUT2D eigenvalue weighted by Gasteiger charge is -2.15. The highest BCUT2D eigenvalue weighted by Crippen LogP contribution is 2.15. The summed E-state index contributed by atoms with van der Waals surface area (Å²) in [5.41, 5.74) is 0.935. The molecule has 0 aliphatic carbocycles. The Bertz CT molecular complexity index is 161. The number of allylic oxidation sites excluding steroid dienone is 1. The average molecular weight is 139 g/mol. The standard InChI is InChI=1S/C8H13NO/c1-2-7-4-3-5-9-8(7)6-10/h3,5,7,10H,2,4,6H2,1H3/t7-/m1/s1. The van der Waals surface area contributed by atoms with Crippen LogP contribution in [0.2, 0.25) is 0 Å². The molecular formula is C8H13NO. The van der Waals surface area contributed by atoms with Crippen LogP contribution in [0.4, 0.5) is 0 Å². The van der Waals surface area contributed by atoms with Crippen LogP contribution in [0, 0.1) is 5.92 Å². The van der Waals surface area contributed by atoms with Crippen molar-refractivity contribution in [1.82, 2.24) is 0 Å². The van der Waals surface area contributed by atoms with Gasteiger partial charge in [0.1, 0.15) is 0 Å². The highest BCUT2D eigenvalue weighted by molar-refractivity contribution is 5.89. The molecule has 0 unspecified atom stereocenters. The van der Waals surface area contributed by atoms with Crippen LogP contribution in [0.25, 0.3) is 0 Å². The third-order valence-electron chi connectivity index (χ3n) is 1.89. The van der Waals surface area contributed by atoms with E-state index in [1.807, 2.05) is 6.08 Å². The Morgan fingerprint density at radius 1 is 1.80 bits per heavy atom. The van der Waals surface area contributed by atoms with Gasteiger partial charge in [-0.05, 0) is 12.8 Å². The Balaban J connectivity index is 2.61. The molecule has 1 N–H and O–H groups in total. The van der Waals surface area contributed by atoms with Crippen LogP contribution in [0.1, 0.15) is 19.8 Å². The van der Waals surface area contributed by atoms with Gasteiger partial charge in [-0.1, -0.05) is 13.0 Å². The minimum absolute atomic E-state index is 0.114. The first kappa shape index (κ1) is 7.48. The predicted octanol–water partition coefficient (Wildman–Crippen LogP) is 1.36. The van der Waals surface area contributed by atoms with Gasteiger partial charge in [0.25, 0.3) is 0 Å². The third kappa shape index (κ3) is 1.45. The van der Waals surface area contributed by atoms with Crippen molar-refractivity contribution >= 4 is 5.71 Å². The molecule has 1 aliphatic heterocycles. The van der Waals surface area contributed by atoms with Crippen molar-refractivity contribution in [2.24, 2.45) is 10.9 Å². The summed E-state index contributed by atoms with van der Waals surface area (Å²) in [5, 5.41) is 8.83. The molecule has 2 nitrogen and oxygen atoms in total. The second-order valence-electron chi connectivity index (χ2n) is 2.50. The maximum atomic E-state index is 8.83. The van der Waals surface area contributed by atoms with E-state index < -0.39 is 0 Å². The maximum absolute atomic E-state index is 8.83. The molecule has 56 valence electrons. The molecule has 0 saturated carbocycles. The molecule has 1 rings (SSSR count). The molecule has 1 atom stereocenters. The van der Waals surface area contributed by atoms with Gasteiger partial charge >= 0.3 is 0 Å². The molecule has 0 amide bonds. The van der Waals surface area contributed by atoms with E-state index in [0.717, 1.165) is 18.6 Å². The van der Waals surface area contributed by atoms with Gasteiger partial charge in [-0.25, -0.2) is 0 Å². The zero-order chi connectivity index (χ0) is 7.40. The molecule has 0 radical (unpaired) electrons. The monoisotopic (exact) mass is 139 g/mol. The number of hydrogen-bond acceptors (Lipinski definition) is 2. The smallest absolute Gasteiger partial charge is 0.0816 e. The zero-order valence-corrected chi connectivity index (χ0v) is 6.25. The fraction of sp³-hybridized carbons (Fsp3) is 0.625. The molecule has 10 heavy (non-hydrogen) atoms. The summed E-state index contributed by atoms with van der Waals surface area (Å²) >= 11 is 0. The van der Waals surface area contributed by atoms with Crippen molar-refractivity contribution in [2.45, 2.75) is 19.8 Å². The van der Waals surface area contributed by atoms with E-state index in [9.17, 15) is 0 Å². The fourth-order valence-corrected chi connectivity index (χ4v) is 1.19. The Morgan fingerprint density at radius 2 is 2.60 bits per heavy atom. The lowest BCUT2D eigenvalue weighted by atomic mass is 9.95. The van der Waals surface area contributed by atoms with Crippen molar-refractivity contribution in [1.29, 1.82) is 0 Å². The summed E-state index contributed by atoms with van der Waals surface area (Å²) in [7, 11) is 0. The van der Waals surface area contributed by atoms with Crippen molar-refractivity contribution in [3.63, 3.8) is 0 Å². The van der Waals surface area contributed by atoms with Gasteiger partial charge in [0.2, 0.25) is 0 Å². The van der Waals surface area contributed by atoms with Crippen molar-refractivity contribution in [3.8, 4) is 0 Å². The van der Waals surface area contributed by atoms with Gasteiger partial charge in [-0.2, -0.15) is 0 Å². The van der Waals surface area contributed by atoms with Gasteiger partial charge in [0.05, 0.1) is 6.61 Å². The molecule has 0 aromatic heterocycles. The largest absolute Gasteiger partial charge is 0.390 e. The number of aliphatic hydroxyl groups excluding tert-OH is 1. The predicted molar refractivity (Wildman–Crippen MR) is 42.1 cm³/mol. The molecule has 0 aromatic carbocycles. The lowest BCUT2D eigenvalue weighted by Crippen LogP contribution is -2.18. The number of aliphatic imine (C=N–C) groups is 1. The van der Waals surface area contributed by atoms with Crippen LogP contribution in [0.5, 0.6) is 0 Å². The minimum Gasteiger partial charge on any atom is -0.390 e. The quantitative estimate of drug-likeness (QED) is 0.615. The topological polar surface area (TPSA) is 32.6 Å². The van der Waals surface area contributed by atoms with Gasteiger partial charge < -0.3 is 5.11 Å². The number of rotatable bonds is 2. The number of hydrogen-bond donors (Lipinski definition) is 1. The van der Waals surface area contributed by atoms with Gasteiger partial charge in [-0.3, -0.25) is 4.99 Å². The van der Waals surface area contributed by atoms with Crippen molar-refractivity contribution in [3.05, 3.63) is 12.3 Å². The summed E-state index contributed by atoms with van der Waals surface area (Å²) in [6.45, 7) is 2.23. The van der Waals surface area contributed by atoms with Crippen LogP contribution in [0.15, 0.2) is 17.3 Å². The number of nitrogens with zero attached hydrogens (tertiary/aromatic N) is 1. The third-order valence-corrected chi connectivity index (χ3v) is 1.89. The van der Waals surface area contributed by atoms with Crippen LogP contribution in [-0.2, 0) is 0 Å². The molecule has 2 heteroatoms. The first-order valence-corrected chi connectivity index (χ1v) is 3.71. The first-order valence-electron chi connectivity index (χ1n) is 3.71. The maximum Gasteiger partial charge on any atom is 0.0816 e. The summed E-state index contributed by atoms with van der Waals surface area (Å²) in [6.07, 6.45) is 5.94. The number of aliphatic hydroxyl groups is 1. The van der Waals surface area contributed by atoms with Crippen molar-refractivity contribution in [2.75, 3.05) is 6.61 Å². The zero-order valence-electron chi connectivity index (χ0n) is 6.25. The fourth-order valence-electron chi connectivity index (χ4n) is 1.19. The second-order valence-corrected chi connectivity index (χ2v) is 2.50. The SMILES string of the molecule is CC[C@@H]1CC=CN=C1CO. The highest BCUT2D eigenvalue weighted by Gasteiger charge is 2.12. The minimum atomic E-state index is 0.114. The molecule has 1 aliphatic rings. The molecular weight excluding hydrogens is 126 g/mol. The molecule has 1 heterocycles. The van der Waals surface area contributed by atoms with E-state index in [4.69, 9.17) is 5.11 Å². The van der Waals surface area contributed by atoms with E-state index in [1.54, 1.807) is 6.20 Å². The van der Waals surface area contributed by atoms with E-state index in [1.165, 1.54) is 0 Å². The summed E-state index contributed by atoms with van der Waals surface area (Å²) in [4.78, 5) is 4.09. The Hall–Kier alpha value is -0.630. The molecule has 0 bridgehead atoms. The van der Waals surface area contributed by atoms with Crippen LogP contribution in [-0.4, -0.2) is 17.4 Å². The highest BCUT2D eigenvalue weighted by atomic mass is 16.3. The van der Waals surface area contributed by atoms with E-state index in [-0.39, 0.29) is 6.61 Å². The molecule has 0 saturated heterocycles. The van der Waals surface area contributed by atoms with Gasteiger partial charge in [-0.15, -0.1) is 0 Å². The Morgan fingerprint density at radius 3 is 3.10 bits per heavy atom. The lowest BCUT2D eigenvalue weighted by molar-refractivity contribution is 0.348. The van der Waals surface area contributed by atoms with Crippen LogP contribution < -0.4 is 0 Å². The van der Waals surface area contributed by atoms with Crippen LogP contribution >= 0.6 is 0 Å². The summed E-state index contributed by atoms with van der Waals surface area (Å²) in [6, 6.07) is 0. The normalized spacial score (nSPS) is 24.6. The van der Waals surface area contributed by atoms with Crippen molar-refractivity contribution < 1.29 is 5.11 Å². The average Bonchev–Trinajstić information content (AvgIpc) is 2.04. The van der Waals surface area contributed by atoms with Crippen LogP contribution in [0.3, 0.4) is 0 Å². The molecule has 0 fully saturated rings. The molecule has 0 spiro atoms. The summed E-state index contributed by atoms with van der Waals surface area (Å²) < 4.78 is 0. The Labute approximate surface area is 61.3 Å². The van der Waals surface area contributed by atoms with E-state index >= 15 is 0 Å². The van der Waals surface area contributed by atoms with Gasteiger partial charge in [0, 0.05) is 17.8 Å². The first-order chi connectivity index (χ1) is 4.88. The summed E-state index contributed by atoms with van der Waals surface area (Å²) in [5.74, 6) is 0.481. The van der Waals surface area contributed by atoms with E-state index in [2.05, 4.69) is 11.9 Å². The van der Waals surface area contributed by atoms with E-state index in [0.29, 0.717) is 5.92 Å². The Kier molecular flexibility index (Phi) is 2.63. The molecule has 0 aromatic rings. The second kappa shape index (κ2) is 3.52.